The number of carboxylic acids is 1. The predicted octanol–water partition coefficient (Wildman–Crippen LogP) is 1.85. The van der Waals surface area contributed by atoms with E-state index in [4.69, 9.17) is 23.2 Å². The van der Waals surface area contributed by atoms with Crippen LogP contribution in [-0.4, -0.2) is 15.7 Å². The van der Waals surface area contributed by atoms with Crippen LogP contribution in [0.3, 0.4) is 0 Å². The molecule has 0 atom stereocenters. The lowest BCUT2D eigenvalue weighted by molar-refractivity contribution is -0.255. The maximum atomic E-state index is 10.7. The van der Waals surface area contributed by atoms with Gasteiger partial charge in [0.1, 0.15) is 5.69 Å². The van der Waals surface area contributed by atoms with E-state index in [1.54, 1.807) is 25.1 Å². The zero-order chi connectivity index (χ0) is 12.6. The summed E-state index contributed by atoms with van der Waals surface area (Å²) in [6.45, 7) is 1.73. The number of aromatic nitrogens is 2. The minimum atomic E-state index is -1.32. The van der Waals surface area contributed by atoms with Crippen LogP contribution < -0.4 is 5.11 Å². The van der Waals surface area contributed by atoms with Gasteiger partial charge in [0, 0.05) is 10.7 Å². The number of carbonyl (C=O) groups is 1. The number of hydrogen-bond acceptors (Lipinski definition) is 3. The van der Waals surface area contributed by atoms with Crippen LogP contribution in [0.2, 0.25) is 10.0 Å². The third-order valence-corrected chi connectivity index (χ3v) is 2.77. The SMILES string of the molecule is Cc1cc(C(=O)[O-])nn1-c1ccc(Cl)cc1Cl. The molecule has 1 aromatic heterocycles. The molecule has 2 rings (SSSR count). The van der Waals surface area contributed by atoms with Crippen molar-refractivity contribution in [2.45, 2.75) is 6.92 Å². The maximum Gasteiger partial charge on any atom is 0.108 e. The Bertz CT molecular complexity index is 593. The first kappa shape index (κ1) is 12.0. The van der Waals surface area contributed by atoms with E-state index in [1.807, 2.05) is 0 Å². The third-order valence-electron chi connectivity index (χ3n) is 2.23. The first-order chi connectivity index (χ1) is 7.99. The summed E-state index contributed by atoms with van der Waals surface area (Å²) in [7, 11) is 0. The summed E-state index contributed by atoms with van der Waals surface area (Å²) in [5.41, 5.74) is 1.09. The standard InChI is InChI=1S/C11H8Cl2N2O2/c1-6-4-9(11(16)17)14-15(6)10-3-2-7(12)5-8(10)13/h2-5H,1H3,(H,16,17)/p-1. The van der Waals surface area contributed by atoms with Gasteiger partial charge in [-0.2, -0.15) is 5.10 Å². The third kappa shape index (κ3) is 2.28. The van der Waals surface area contributed by atoms with Gasteiger partial charge in [0.05, 0.1) is 16.7 Å². The molecule has 0 aliphatic heterocycles. The van der Waals surface area contributed by atoms with Gasteiger partial charge in [0.25, 0.3) is 0 Å². The first-order valence-electron chi connectivity index (χ1n) is 4.72. The van der Waals surface area contributed by atoms with E-state index in [0.29, 0.717) is 21.4 Å². The molecular formula is C11H7Cl2N2O2-. The predicted molar refractivity (Wildman–Crippen MR) is 62.7 cm³/mol. The van der Waals surface area contributed by atoms with Gasteiger partial charge in [-0.25, -0.2) is 4.68 Å². The van der Waals surface area contributed by atoms with Gasteiger partial charge >= 0.3 is 0 Å². The molecule has 2 aromatic rings. The molecule has 1 heterocycles. The van der Waals surface area contributed by atoms with Crippen LogP contribution in [0.4, 0.5) is 0 Å². The monoisotopic (exact) mass is 269 g/mol. The second-order valence-corrected chi connectivity index (χ2v) is 4.31. The van der Waals surface area contributed by atoms with Crippen molar-refractivity contribution >= 4 is 29.2 Å². The molecule has 0 amide bonds. The average Bonchev–Trinajstić information content (AvgIpc) is 2.61. The van der Waals surface area contributed by atoms with Crippen LogP contribution in [0, 0.1) is 6.92 Å². The Morgan fingerprint density at radius 2 is 2.06 bits per heavy atom. The Labute approximate surface area is 107 Å². The van der Waals surface area contributed by atoms with E-state index in [-0.39, 0.29) is 5.69 Å². The Kier molecular flexibility index (Phi) is 3.09. The van der Waals surface area contributed by atoms with Gasteiger partial charge in [-0.05, 0) is 31.2 Å². The number of carboxylic acid groups (broad SMARTS) is 1. The molecule has 0 saturated carbocycles. The number of nitrogens with zero attached hydrogens (tertiary/aromatic N) is 2. The fourth-order valence-electron chi connectivity index (χ4n) is 1.47. The summed E-state index contributed by atoms with van der Waals surface area (Å²) in [6.07, 6.45) is 0. The molecule has 0 aliphatic rings. The van der Waals surface area contributed by atoms with E-state index < -0.39 is 5.97 Å². The molecule has 0 radical (unpaired) electrons. The van der Waals surface area contributed by atoms with Crippen molar-refractivity contribution in [1.29, 1.82) is 0 Å². The quantitative estimate of drug-likeness (QED) is 0.836. The number of rotatable bonds is 2. The second kappa shape index (κ2) is 4.39. The number of carbonyl (C=O) groups excluding carboxylic acids is 1. The highest BCUT2D eigenvalue weighted by molar-refractivity contribution is 6.35. The van der Waals surface area contributed by atoms with Crippen LogP contribution in [-0.2, 0) is 0 Å². The van der Waals surface area contributed by atoms with Gasteiger partial charge in [0.2, 0.25) is 0 Å². The van der Waals surface area contributed by atoms with E-state index in [0.717, 1.165) is 0 Å². The van der Waals surface area contributed by atoms with E-state index >= 15 is 0 Å². The van der Waals surface area contributed by atoms with E-state index in [1.165, 1.54) is 10.7 Å². The summed E-state index contributed by atoms with van der Waals surface area (Å²) in [5.74, 6) is -1.32. The summed E-state index contributed by atoms with van der Waals surface area (Å²) in [6, 6.07) is 6.31. The fraction of sp³-hybridized carbons (Fsp3) is 0.0909. The number of aryl methyl sites for hydroxylation is 1. The molecule has 0 spiro atoms. The van der Waals surface area contributed by atoms with Crippen molar-refractivity contribution in [3.05, 3.63) is 45.7 Å². The number of benzene rings is 1. The highest BCUT2D eigenvalue weighted by Gasteiger charge is 2.10. The molecule has 0 unspecified atom stereocenters. The highest BCUT2D eigenvalue weighted by atomic mass is 35.5. The number of aromatic carboxylic acids is 1. The maximum absolute atomic E-state index is 10.7. The van der Waals surface area contributed by atoms with Gasteiger partial charge in [-0.3, -0.25) is 0 Å². The van der Waals surface area contributed by atoms with Crippen LogP contribution in [0.1, 0.15) is 16.2 Å². The summed E-state index contributed by atoms with van der Waals surface area (Å²) >= 11 is 11.8. The zero-order valence-corrected chi connectivity index (χ0v) is 10.3. The normalized spacial score (nSPS) is 10.5. The molecule has 0 N–H and O–H groups in total. The van der Waals surface area contributed by atoms with Gasteiger partial charge in [-0.1, -0.05) is 23.2 Å². The lowest BCUT2D eigenvalue weighted by Crippen LogP contribution is -2.22. The van der Waals surface area contributed by atoms with Crippen molar-refractivity contribution in [1.82, 2.24) is 9.78 Å². The summed E-state index contributed by atoms with van der Waals surface area (Å²) < 4.78 is 1.43. The molecule has 6 heteroatoms. The van der Waals surface area contributed by atoms with Gasteiger partial charge in [0.15, 0.2) is 0 Å². The largest absolute Gasteiger partial charge is 0.543 e. The Balaban J connectivity index is 2.56. The lowest BCUT2D eigenvalue weighted by Gasteiger charge is -2.06. The van der Waals surface area contributed by atoms with Crippen LogP contribution in [0.15, 0.2) is 24.3 Å². The molecule has 0 fully saturated rings. The Hall–Kier alpha value is -1.52. The molecule has 1 aromatic carbocycles. The molecular weight excluding hydrogens is 263 g/mol. The molecule has 88 valence electrons. The zero-order valence-electron chi connectivity index (χ0n) is 8.78. The van der Waals surface area contributed by atoms with Crippen molar-refractivity contribution in [3.63, 3.8) is 0 Å². The average molecular weight is 270 g/mol. The van der Waals surface area contributed by atoms with E-state index in [9.17, 15) is 9.90 Å². The summed E-state index contributed by atoms with van der Waals surface area (Å²) in [4.78, 5) is 10.7. The van der Waals surface area contributed by atoms with Crippen molar-refractivity contribution in [2.75, 3.05) is 0 Å². The van der Waals surface area contributed by atoms with Crippen molar-refractivity contribution in [2.24, 2.45) is 0 Å². The first-order valence-corrected chi connectivity index (χ1v) is 5.48. The molecule has 0 bridgehead atoms. The van der Waals surface area contributed by atoms with Crippen molar-refractivity contribution < 1.29 is 9.90 Å². The highest BCUT2D eigenvalue weighted by Crippen LogP contribution is 2.25. The topological polar surface area (TPSA) is 57.9 Å². The fourth-order valence-corrected chi connectivity index (χ4v) is 1.96. The van der Waals surface area contributed by atoms with Crippen molar-refractivity contribution in [3.8, 4) is 5.69 Å². The lowest BCUT2D eigenvalue weighted by atomic mass is 10.3. The smallest absolute Gasteiger partial charge is 0.108 e. The van der Waals surface area contributed by atoms with Crippen LogP contribution >= 0.6 is 23.2 Å². The van der Waals surface area contributed by atoms with Gasteiger partial charge in [-0.15, -0.1) is 0 Å². The minimum absolute atomic E-state index is 0.131. The Morgan fingerprint density at radius 1 is 1.35 bits per heavy atom. The van der Waals surface area contributed by atoms with Crippen LogP contribution in [0.25, 0.3) is 5.69 Å². The minimum Gasteiger partial charge on any atom is -0.543 e. The molecule has 0 aliphatic carbocycles. The molecule has 0 saturated heterocycles. The number of halogens is 2. The van der Waals surface area contributed by atoms with E-state index in [2.05, 4.69) is 5.10 Å². The number of hydrogen-bond donors (Lipinski definition) is 0. The molecule has 4 nitrogen and oxygen atoms in total. The molecule has 17 heavy (non-hydrogen) atoms. The second-order valence-electron chi connectivity index (χ2n) is 3.47. The summed E-state index contributed by atoms with van der Waals surface area (Å²) in [5, 5.41) is 15.5. The Morgan fingerprint density at radius 3 is 2.59 bits per heavy atom. The van der Waals surface area contributed by atoms with Gasteiger partial charge < -0.3 is 9.90 Å². The van der Waals surface area contributed by atoms with Crippen LogP contribution in [0.5, 0.6) is 0 Å².